The van der Waals surface area contributed by atoms with E-state index in [4.69, 9.17) is 0 Å². The fourth-order valence-electron chi connectivity index (χ4n) is 2.79. The van der Waals surface area contributed by atoms with E-state index in [2.05, 4.69) is 30.5 Å². The van der Waals surface area contributed by atoms with Crippen LogP contribution in [0.2, 0.25) is 0 Å². The third-order valence-electron chi connectivity index (χ3n) is 3.96. The van der Waals surface area contributed by atoms with Gasteiger partial charge in [0, 0.05) is 11.8 Å². The summed E-state index contributed by atoms with van der Waals surface area (Å²) in [7, 11) is 0. The van der Waals surface area contributed by atoms with Gasteiger partial charge in [0.2, 0.25) is 0 Å². The Kier molecular flexibility index (Phi) is 3.85. The smallest absolute Gasteiger partial charge is 0.257 e. The molecular weight excluding hydrogens is 314 g/mol. The second-order valence-corrected chi connectivity index (χ2v) is 6.44. The second kappa shape index (κ2) is 6.30. The molecule has 116 valence electrons. The molecule has 0 atom stereocenters. The summed E-state index contributed by atoms with van der Waals surface area (Å²) in [4.78, 5) is 12.2. The molecule has 0 radical (unpaired) electrons. The number of hydrogen-bond donors (Lipinski definition) is 0. The summed E-state index contributed by atoms with van der Waals surface area (Å²) in [5.74, 6) is 0. The van der Waals surface area contributed by atoms with Crippen LogP contribution in [0.15, 0.2) is 89.7 Å². The van der Waals surface area contributed by atoms with Gasteiger partial charge in [-0.25, -0.2) is 0 Å². The third kappa shape index (κ3) is 2.70. The Balaban J connectivity index is 1.96. The molecule has 0 saturated carbocycles. The highest BCUT2D eigenvalue weighted by Crippen LogP contribution is 2.26. The number of para-hydroxylation sites is 1. The van der Waals surface area contributed by atoms with Crippen LogP contribution < -0.4 is 4.74 Å². The SMILES string of the molecule is O=c1sn(C=C(c2ccccc2)c2ccccc2)c2ccccc12. The van der Waals surface area contributed by atoms with Crippen molar-refractivity contribution in [1.82, 2.24) is 3.96 Å². The lowest BCUT2D eigenvalue weighted by atomic mass is 9.99. The van der Waals surface area contributed by atoms with Crippen LogP contribution in [0.4, 0.5) is 0 Å². The molecule has 0 N–H and O–H groups in total. The van der Waals surface area contributed by atoms with Gasteiger partial charge >= 0.3 is 0 Å². The Morgan fingerprint density at radius 2 is 1.29 bits per heavy atom. The van der Waals surface area contributed by atoms with Crippen molar-refractivity contribution >= 4 is 34.2 Å². The molecule has 0 spiro atoms. The quantitative estimate of drug-likeness (QED) is 0.512. The van der Waals surface area contributed by atoms with Gasteiger partial charge in [0.1, 0.15) is 0 Å². The first-order valence-corrected chi connectivity index (χ1v) is 8.53. The van der Waals surface area contributed by atoms with E-state index in [1.54, 1.807) is 0 Å². The van der Waals surface area contributed by atoms with Crippen LogP contribution in [0, 0.1) is 0 Å². The highest BCUT2D eigenvalue weighted by atomic mass is 32.1. The first-order valence-electron chi connectivity index (χ1n) is 7.76. The van der Waals surface area contributed by atoms with Crippen molar-refractivity contribution in [2.75, 3.05) is 0 Å². The first kappa shape index (κ1) is 14.7. The lowest BCUT2D eigenvalue weighted by molar-refractivity contribution is 1.38. The monoisotopic (exact) mass is 329 g/mol. The molecule has 3 heteroatoms. The van der Waals surface area contributed by atoms with E-state index in [0.29, 0.717) is 0 Å². The Labute approximate surface area is 144 Å². The predicted octanol–water partition coefficient (Wildman–Crippen LogP) is 5.11. The van der Waals surface area contributed by atoms with Crippen molar-refractivity contribution in [3.8, 4) is 0 Å². The van der Waals surface area contributed by atoms with Crippen LogP contribution in [-0.4, -0.2) is 3.96 Å². The number of rotatable bonds is 3. The highest BCUT2D eigenvalue weighted by molar-refractivity contribution is 7.05. The predicted molar refractivity (Wildman–Crippen MR) is 102 cm³/mol. The largest absolute Gasteiger partial charge is 0.276 e. The van der Waals surface area contributed by atoms with Crippen LogP contribution in [0.5, 0.6) is 0 Å². The lowest BCUT2D eigenvalue weighted by Gasteiger charge is -2.09. The summed E-state index contributed by atoms with van der Waals surface area (Å²) < 4.78 is 2.05. The van der Waals surface area contributed by atoms with Gasteiger partial charge in [-0.15, -0.1) is 0 Å². The van der Waals surface area contributed by atoms with Gasteiger partial charge in [-0.05, 0) is 34.8 Å². The van der Waals surface area contributed by atoms with Crippen LogP contribution in [0.1, 0.15) is 11.1 Å². The van der Waals surface area contributed by atoms with E-state index < -0.39 is 0 Å². The van der Waals surface area contributed by atoms with E-state index in [-0.39, 0.29) is 4.74 Å². The molecule has 0 aliphatic rings. The van der Waals surface area contributed by atoms with Crippen molar-refractivity contribution in [1.29, 1.82) is 0 Å². The van der Waals surface area contributed by atoms with Crippen molar-refractivity contribution in [3.05, 3.63) is 106 Å². The van der Waals surface area contributed by atoms with Crippen LogP contribution in [-0.2, 0) is 0 Å². The molecule has 4 aromatic rings. The second-order valence-electron chi connectivity index (χ2n) is 5.50. The molecule has 4 rings (SSSR count). The summed E-state index contributed by atoms with van der Waals surface area (Å²) in [6.07, 6.45) is 2.05. The lowest BCUT2D eigenvalue weighted by Crippen LogP contribution is -1.91. The molecule has 1 aromatic heterocycles. The van der Waals surface area contributed by atoms with Gasteiger partial charge in [-0.3, -0.25) is 8.75 Å². The molecule has 0 fully saturated rings. The van der Waals surface area contributed by atoms with Gasteiger partial charge in [-0.1, -0.05) is 72.8 Å². The minimum Gasteiger partial charge on any atom is -0.276 e. The molecule has 0 amide bonds. The first-order chi connectivity index (χ1) is 11.8. The Bertz CT molecular complexity index is 1020. The zero-order chi connectivity index (χ0) is 16.4. The van der Waals surface area contributed by atoms with Crippen LogP contribution in [0.3, 0.4) is 0 Å². The molecule has 0 saturated heterocycles. The molecule has 0 bridgehead atoms. The Morgan fingerprint density at radius 1 is 0.750 bits per heavy atom. The minimum atomic E-state index is 0.0855. The summed E-state index contributed by atoms with van der Waals surface area (Å²) >= 11 is 1.23. The van der Waals surface area contributed by atoms with E-state index in [1.807, 2.05) is 64.6 Å². The summed E-state index contributed by atoms with van der Waals surface area (Å²) in [5.41, 5.74) is 4.28. The standard InChI is InChI=1S/C21H15NOS/c23-21-18-13-7-8-14-20(18)22(24-21)15-19(16-9-3-1-4-10-16)17-11-5-2-6-12-17/h1-15H. The minimum absolute atomic E-state index is 0.0855. The molecule has 0 aliphatic heterocycles. The number of fused-ring (bicyclic) bond motifs is 1. The van der Waals surface area contributed by atoms with Crippen LogP contribution in [0.25, 0.3) is 22.7 Å². The molecule has 24 heavy (non-hydrogen) atoms. The average molecular weight is 329 g/mol. The van der Waals surface area contributed by atoms with E-state index >= 15 is 0 Å². The summed E-state index contributed by atoms with van der Waals surface area (Å²) in [6.45, 7) is 0. The Morgan fingerprint density at radius 3 is 1.92 bits per heavy atom. The third-order valence-corrected chi connectivity index (χ3v) is 4.84. The molecule has 0 aliphatic carbocycles. The molecule has 2 nitrogen and oxygen atoms in total. The van der Waals surface area contributed by atoms with Gasteiger partial charge in [0.05, 0.1) is 10.9 Å². The van der Waals surface area contributed by atoms with E-state index in [0.717, 1.165) is 27.6 Å². The van der Waals surface area contributed by atoms with Crippen LogP contribution >= 0.6 is 11.5 Å². The topological polar surface area (TPSA) is 22.0 Å². The normalized spacial score (nSPS) is 10.7. The van der Waals surface area contributed by atoms with Crippen molar-refractivity contribution in [3.63, 3.8) is 0 Å². The maximum absolute atomic E-state index is 12.2. The van der Waals surface area contributed by atoms with E-state index in [1.165, 1.54) is 11.5 Å². The van der Waals surface area contributed by atoms with Crippen molar-refractivity contribution in [2.45, 2.75) is 0 Å². The molecular formula is C21H15NOS. The number of hydrogen-bond acceptors (Lipinski definition) is 2. The zero-order valence-corrected chi connectivity index (χ0v) is 13.7. The zero-order valence-electron chi connectivity index (χ0n) is 12.9. The summed E-state index contributed by atoms with van der Waals surface area (Å²) in [6, 6.07) is 28.2. The summed E-state index contributed by atoms with van der Waals surface area (Å²) in [5, 5.41) is 0.763. The number of benzene rings is 3. The molecule has 3 aromatic carbocycles. The maximum atomic E-state index is 12.2. The van der Waals surface area contributed by atoms with Gasteiger partial charge in [-0.2, -0.15) is 0 Å². The van der Waals surface area contributed by atoms with Gasteiger partial charge in [0.15, 0.2) is 0 Å². The maximum Gasteiger partial charge on any atom is 0.257 e. The highest BCUT2D eigenvalue weighted by Gasteiger charge is 2.09. The number of nitrogens with zero attached hydrogens (tertiary/aromatic N) is 1. The average Bonchev–Trinajstić information content (AvgIpc) is 2.97. The fraction of sp³-hybridized carbons (Fsp3) is 0. The van der Waals surface area contributed by atoms with Crippen molar-refractivity contribution in [2.24, 2.45) is 0 Å². The van der Waals surface area contributed by atoms with Gasteiger partial charge in [0.25, 0.3) is 4.74 Å². The van der Waals surface area contributed by atoms with E-state index in [9.17, 15) is 4.79 Å². The fourth-order valence-corrected chi connectivity index (χ4v) is 3.66. The Hall–Kier alpha value is -2.91. The molecule has 1 heterocycles. The number of aromatic nitrogens is 1. The molecule has 0 unspecified atom stereocenters. The van der Waals surface area contributed by atoms with Gasteiger partial charge < -0.3 is 0 Å². The van der Waals surface area contributed by atoms with Crippen molar-refractivity contribution < 1.29 is 0 Å².